The first kappa shape index (κ1) is 35.8. The molecule has 2 heterocycles. The minimum atomic E-state index is 0.00946. The number of hydrogen-bond acceptors (Lipinski definition) is 3. The summed E-state index contributed by atoms with van der Waals surface area (Å²) in [5, 5.41) is 2.43. The molecule has 0 bridgehead atoms. The monoisotopic (exact) mass is 769 g/mol. The standard InChI is InChI=1S/C56H44BN3/c1-56(2,3)42-32-29-39(30-33-42)41-31-35-48-53(37-41)59(44-21-9-5-10-22-44)51-27-16-28-52-55(51)57(48)49-36-34-46(38-54(49)60(52)45-23-11-6-12-24-45)58(43-19-7-4-8-20-43)50-26-15-18-40-17-13-14-25-47(40)50/h4-38H,1-3H3. The van der Waals surface area contributed by atoms with E-state index in [-0.39, 0.29) is 12.1 Å². The van der Waals surface area contributed by atoms with E-state index in [1.54, 1.807) is 0 Å². The highest BCUT2D eigenvalue weighted by Crippen LogP contribution is 2.47. The van der Waals surface area contributed by atoms with Crippen molar-refractivity contribution >= 4 is 85.1 Å². The van der Waals surface area contributed by atoms with Crippen LogP contribution in [0.2, 0.25) is 0 Å². The lowest BCUT2D eigenvalue weighted by molar-refractivity contribution is 0.590. The van der Waals surface area contributed by atoms with Gasteiger partial charge in [-0.25, -0.2) is 0 Å². The Morgan fingerprint density at radius 3 is 1.60 bits per heavy atom. The third-order valence-electron chi connectivity index (χ3n) is 12.4. The SMILES string of the molecule is CC(C)(C)c1ccc(-c2ccc3c(c2)N(c2ccccc2)c2cccc4c2B3c2ccc(N(c3ccccc3)c3cccc5ccccc35)cc2N4c2ccccc2)cc1. The Morgan fingerprint density at radius 2 is 0.950 bits per heavy atom. The highest BCUT2D eigenvalue weighted by atomic mass is 15.2. The number of nitrogens with zero attached hydrogens (tertiary/aromatic N) is 3. The second-order valence-electron chi connectivity index (χ2n) is 17.0. The van der Waals surface area contributed by atoms with Crippen molar-refractivity contribution in [2.75, 3.05) is 14.7 Å². The van der Waals surface area contributed by atoms with Gasteiger partial charge in [0.1, 0.15) is 0 Å². The quantitative estimate of drug-likeness (QED) is 0.156. The summed E-state index contributed by atoms with van der Waals surface area (Å²) in [7, 11) is 0. The van der Waals surface area contributed by atoms with Crippen LogP contribution in [0.1, 0.15) is 26.3 Å². The molecule has 60 heavy (non-hydrogen) atoms. The summed E-state index contributed by atoms with van der Waals surface area (Å²) in [5.41, 5.74) is 18.2. The first-order valence-electron chi connectivity index (χ1n) is 21.0. The summed E-state index contributed by atoms with van der Waals surface area (Å²) in [5.74, 6) is 0. The molecule has 2 aliphatic heterocycles. The fourth-order valence-corrected chi connectivity index (χ4v) is 9.52. The van der Waals surface area contributed by atoms with E-state index in [0.29, 0.717) is 0 Å². The second kappa shape index (κ2) is 14.2. The van der Waals surface area contributed by atoms with Crippen LogP contribution in [0.4, 0.5) is 51.2 Å². The minimum absolute atomic E-state index is 0.00946. The molecule has 0 saturated heterocycles. The van der Waals surface area contributed by atoms with Gasteiger partial charge in [0.25, 0.3) is 6.71 Å². The predicted molar refractivity (Wildman–Crippen MR) is 257 cm³/mol. The summed E-state index contributed by atoms with van der Waals surface area (Å²) in [6.07, 6.45) is 0. The zero-order chi connectivity index (χ0) is 40.4. The van der Waals surface area contributed by atoms with Gasteiger partial charge in [-0.3, -0.25) is 0 Å². The molecule has 0 unspecified atom stereocenters. The average molecular weight is 770 g/mol. The van der Waals surface area contributed by atoms with E-state index in [1.807, 2.05) is 0 Å². The van der Waals surface area contributed by atoms with Gasteiger partial charge in [0.15, 0.2) is 0 Å². The molecule has 0 spiro atoms. The lowest BCUT2D eigenvalue weighted by Crippen LogP contribution is -2.61. The molecular formula is C56H44BN3. The van der Waals surface area contributed by atoms with Gasteiger partial charge in [-0.15, -0.1) is 0 Å². The summed E-state index contributed by atoms with van der Waals surface area (Å²) >= 11 is 0. The van der Waals surface area contributed by atoms with Crippen LogP contribution in [-0.2, 0) is 5.41 Å². The van der Waals surface area contributed by atoms with Crippen LogP contribution in [0.25, 0.3) is 21.9 Å². The van der Waals surface area contributed by atoms with Crippen LogP contribution in [0, 0.1) is 0 Å². The topological polar surface area (TPSA) is 9.72 Å². The number of benzene rings is 9. The van der Waals surface area contributed by atoms with Gasteiger partial charge in [-0.1, -0.05) is 160 Å². The molecule has 0 atom stereocenters. The van der Waals surface area contributed by atoms with E-state index >= 15 is 0 Å². The zero-order valence-corrected chi connectivity index (χ0v) is 34.1. The van der Waals surface area contributed by atoms with Gasteiger partial charge in [0, 0.05) is 50.9 Å². The average Bonchev–Trinajstić information content (AvgIpc) is 3.29. The predicted octanol–water partition coefficient (Wildman–Crippen LogP) is 13.4. The van der Waals surface area contributed by atoms with Gasteiger partial charge in [-0.2, -0.15) is 0 Å². The van der Waals surface area contributed by atoms with Crippen LogP contribution >= 0.6 is 0 Å². The maximum absolute atomic E-state index is 2.49. The third-order valence-corrected chi connectivity index (χ3v) is 12.4. The highest BCUT2D eigenvalue weighted by molar-refractivity contribution is 7.00. The molecule has 0 aromatic heterocycles. The van der Waals surface area contributed by atoms with Gasteiger partial charge < -0.3 is 14.7 Å². The van der Waals surface area contributed by atoms with E-state index in [1.165, 1.54) is 66.6 Å². The molecule has 9 aromatic carbocycles. The lowest BCUT2D eigenvalue weighted by atomic mass is 9.33. The van der Waals surface area contributed by atoms with Crippen LogP contribution in [-0.4, -0.2) is 6.71 Å². The molecule has 286 valence electrons. The van der Waals surface area contributed by atoms with E-state index < -0.39 is 0 Å². The molecule has 0 fully saturated rings. The molecule has 11 rings (SSSR count). The molecule has 2 aliphatic rings. The number of hydrogen-bond donors (Lipinski definition) is 0. The fraction of sp³-hybridized carbons (Fsp3) is 0.0714. The van der Waals surface area contributed by atoms with Crippen molar-refractivity contribution in [1.82, 2.24) is 0 Å². The Bertz CT molecular complexity index is 3020. The van der Waals surface area contributed by atoms with Gasteiger partial charge in [-0.05, 0) is 117 Å². The van der Waals surface area contributed by atoms with Crippen molar-refractivity contribution in [3.8, 4) is 11.1 Å². The van der Waals surface area contributed by atoms with E-state index in [9.17, 15) is 0 Å². The molecule has 9 aromatic rings. The number of rotatable bonds is 6. The maximum Gasteiger partial charge on any atom is 0.252 e. The van der Waals surface area contributed by atoms with Crippen molar-refractivity contribution in [3.63, 3.8) is 0 Å². The van der Waals surface area contributed by atoms with Gasteiger partial charge >= 0.3 is 0 Å². The van der Waals surface area contributed by atoms with Crippen LogP contribution < -0.4 is 31.1 Å². The van der Waals surface area contributed by atoms with Crippen molar-refractivity contribution in [2.24, 2.45) is 0 Å². The Morgan fingerprint density at radius 1 is 0.417 bits per heavy atom. The normalized spacial score (nSPS) is 12.8. The molecule has 0 aliphatic carbocycles. The van der Waals surface area contributed by atoms with Crippen LogP contribution in [0.3, 0.4) is 0 Å². The number of para-hydroxylation sites is 3. The van der Waals surface area contributed by atoms with Crippen molar-refractivity contribution in [3.05, 3.63) is 218 Å². The minimum Gasteiger partial charge on any atom is -0.311 e. The van der Waals surface area contributed by atoms with Gasteiger partial charge in [0.2, 0.25) is 0 Å². The van der Waals surface area contributed by atoms with Crippen LogP contribution in [0.5, 0.6) is 0 Å². The molecule has 0 saturated carbocycles. The summed E-state index contributed by atoms with van der Waals surface area (Å²) in [6, 6.07) is 78.1. The largest absolute Gasteiger partial charge is 0.311 e. The Hall–Kier alpha value is -7.30. The summed E-state index contributed by atoms with van der Waals surface area (Å²) < 4.78 is 0. The maximum atomic E-state index is 2.49. The van der Waals surface area contributed by atoms with E-state index in [2.05, 4.69) is 248 Å². The lowest BCUT2D eigenvalue weighted by Gasteiger charge is -2.44. The molecule has 0 radical (unpaired) electrons. The first-order valence-corrected chi connectivity index (χ1v) is 21.0. The molecule has 4 heteroatoms. The Balaban J connectivity index is 1.16. The highest BCUT2D eigenvalue weighted by Gasteiger charge is 2.43. The first-order chi connectivity index (χ1) is 29.4. The Labute approximate surface area is 353 Å². The fourth-order valence-electron chi connectivity index (χ4n) is 9.52. The van der Waals surface area contributed by atoms with E-state index in [4.69, 9.17) is 0 Å². The molecule has 0 amide bonds. The number of anilines is 9. The second-order valence-corrected chi connectivity index (χ2v) is 17.0. The molecular weight excluding hydrogens is 725 g/mol. The number of fused-ring (bicyclic) bond motifs is 5. The zero-order valence-electron chi connectivity index (χ0n) is 34.1. The third kappa shape index (κ3) is 5.90. The van der Waals surface area contributed by atoms with Crippen molar-refractivity contribution < 1.29 is 0 Å². The van der Waals surface area contributed by atoms with E-state index in [0.717, 1.165) is 28.4 Å². The Kier molecular flexibility index (Phi) is 8.49. The molecule has 3 nitrogen and oxygen atoms in total. The van der Waals surface area contributed by atoms with Gasteiger partial charge in [0.05, 0.1) is 5.69 Å². The van der Waals surface area contributed by atoms with Crippen molar-refractivity contribution in [1.29, 1.82) is 0 Å². The van der Waals surface area contributed by atoms with Crippen molar-refractivity contribution in [2.45, 2.75) is 26.2 Å². The van der Waals surface area contributed by atoms with Crippen LogP contribution in [0.15, 0.2) is 212 Å². The smallest absolute Gasteiger partial charge is 0.252 e. The molecule has 0 N–H and O–H groups in total. The summed E-state index contributed by atoms with van der Waals surface area (Å²) in [6.45, 7) is 6.83. The summed E-state index contributed by atoms with van der Waals surface area (Å²) in [4.78, 5) is 7.39.